The molecule has 1 aromatic rings. The van der Waals surface area contributed by atoms with E-state index in [2.05, 4.69) is 16.8 Å². The molecule has 7 heteroatoms. The van der Waals surface area contributed by atoms with Gasteiger partial charge in [0.25, 0.3) is 0 Å². The van der Waals surface area contributed by atoms with Gasteiger partial charge in [0, 0.05) is 25.7 Å². The number of aromatic nitrogens is 1. The van der Waals surface area contributed by atoms with E-state index in [4.69, 9.17) is 5.73 Å². The normalized spacial score (nSPS) is 21.2. The van der Waals surface area contributed by atoms with Crippen molar-refractivity contribution in [2.75, 3.05) is 37.3 Å². The van der Waals surface area contributed by atoms with Gasteiger partial charge in [-0.3, -0.25) is 4.90 Å². The molecule has 0 radical (unpaired) electrons. The first-order valence-electron chi connectivity index (χ1n) is 6.60. The molecule has 1 fully saturated rings. The van der Waals surface area contributed by atoms with Crippen LogP contribution in [-0.2, 0) is 6.18 Å². The Hall–Kier alpha value is -1.50. The molecule has 1 unspecified atom stereocenters. The van der Waals surface area contributed by atoms with E-state index in [1.807, 2.05) is 11.9 Å². The lowest BCUT2D eigenvalue weighted by Gasteiger charge is -2.40. The summed E-state index contributed by atoms with van der Waals surface area (Å²) in [4.78, 5) is 7.51. The molecule has 0 saturated carbocycles. The number of alkyl halides is 3. The van der Waals surface area contributed by atoms with Crippen molar-refractivity contribution < 1.29 is 13.2 Å². The van der Waals surface area contributed by atoms with Gasteiger partial charge in [0.2, 0.25) is 0 Å². The van der Waals surface area contributed by atoms with Crippen LogP contribution in [0, 0.1) is 0 Å². The van der Waals surface area contributed by atoms with Crippen LogP contribution < -0.4 is 10.6 Å². The molecular formula is C13H19F3N4. The Balaban J connectivity index is 2.28. The molecule has 0 aromatic carbocycles. The minimum absolute atomic E-state index is 0.289. The summed E-state index contributed by atoms with van der Waals surface area (Å²) in [7, 11) is 2.03. The number of nitrogens with zero attached hydrogens (tertiary/aromatic N) is 3. The fourth-order valence-electron chi connectivity index (χ4n) is 2.49. The first-order chi connectivity index (χ1) is 9.32. The Morgan fingerprint density at radius 1 is 1.40 bits per heavy atom. The fourth-order valence-corrected chi connectivity index (χ4v) is 2.49. The average Bonchev–Trinajstić information content (AvgIpc) is 2.39. The molecule has 112 valence electrons. The molecule has 1 aliphatic rings. The molecule has 2 N–H and O–H groups in total. The van der Waals surface area contributed by atoms with Crippen molar-refractivity contribution in [3.63, 3.8) is 0 Å². The molecule has 1 atom stereocenters. The first kappa shape index (κ1) is 14.9. The summed E-state index contributed by atoms with van der Waals surface area (Å²) in [6, 6.07) is 1.37. The van der Waals surface area contributed by atoms with Gasteiger partial charge in [0.1, 0.15) is 5.69 Å². The molecule has 0 aliphatic carbocycles. The van der Waals surface area contributed by atoms with E-state index < -0.39 is 11.9 Å². The third-order valence-electron chi connectivity index (χ3n) is 3.79. The molecule has 0 amide bonds. The smallest absolute Gasteiger partial charge is 0.396 e. The van der Waals surface area contributed by atoms with Crippen LogP contribution >= 0.6 is 0 Å². The van der Waals surface area contributed by atoms with Crippen LogP contribution in [-0.4, -0.2) is 42.6 Å². The third kappa shape index (κ3) is 2.98. The van der Waals surface area contributed by atoms with Gasteiger partial charge in [-0.25, -0.2) is 4.98 Å². The average molecular weight is 288 g/mol. The van der Waals surface area contributed by atoms with Crippen molar-refractivity contribution in [3.05, 3.63) is 18.0 Å². The number of piperazine rings is 1. The summed E-state index contributed by atoms with van der Waals surface area (Å²) >= 11 is 0. The van der Waals surface area contributed by atoms with Gasteiger partial charge in [-0.1, -0.05) is 6.92 Å². The van der Waals surface area contributed by atoms with Crippen LogP contribution in [0.4, 0.5) is 24.5 Å². The second kappa shape index (κ2) is 5.47. The Kier molecular flexibility index (Phi) is 4.08. The number of likely N-dealkylation sites (N-methyl/N-ethyl adjacent to an activating group) is 1. The van der Waals surface area contributed by atoms with E-state index in [0.29, 0.717) is 24.8 Å². The molecule has 20 heavy (non-hydrogen) atoms. The zero-order valence-corrected chi connectivity index (χ0v) is 11.6. The van der Waals surface area contributed by atoms with Gasteiger partial charge < -0.3 is 10.6 Å². The van der Waals surface area contributed by atoms with Crippen molar-refractivity contribution in [3.8, 4) is 0 Å². The SMILES string of the molecule is CCC1CN(c2cc(C(F)(F)F)ncc2N)CCN1C. The summed E-state index contributed by atoms with van der Waals surface area (Å²) in [5.41, 5.74) is 5.62. The lowest BCUT2D eigenvalue weighted by Crippen LogP contribution is -2.51. The van der Waals surface area contributed by atoms with Crippen LogP contribution in [0.3, 0.4) is 0 Å². The maximum Gasteiger partial charge on any atom is 0.433 e. The van der Waals surface area contributed by atoms with Gasteiger partial charge in [-0.2, -0.15) is 13.2 Å². The Bertz CT molecular complexity index is 475. The molecule has 2 heterocycles. The van der Waals surface area contributed by atoms with Crippen LogP contribution in [0.1, 0.15) is 19.0 Å². The summed E-state index contributed by atoms with van der Waals surface area (Å²) in [6.45, 7) is 4.22. The molecular weight excluding hydrogens is 269 g/mol. The van der Waals surface area contributed by atoms with Gasteiger partial charge in [-0.15, -0.1) is 0 Å². The first-order valence-corrected chi connectivity index (χ1v) is 6.60. The molecule has 1 saturated heterocycles. The van der Waals surface area contributed by atoms with Crippen LogP contribution in [0.15, 0.2) is 12.3 Å². The maximum absolute atomic E-state index is 12.7. The minimum Gasteiger partial charge on any atom is -0.396 e. The quantitative estimate of drug-likeness (QED) is 0.906. The Morgan fingerprint density at radius 2 is 2.10 bits per heavy atom. The minimum atomic E-state index is -4.45. The maximum atomic E-state index is 12.7. The molecule has 1 aromatic heterocycles. The lowest BCUT2D eigenvalue weighted by molar-refractivity contribution is -0.141. The predicted octanol–water partition coefficient (Wildman–Crippen LogP) is 2.21. The zero-order valence-electron chi connectivity index (χ0n) is 11.6. The second-order valence-corrected chi connectivity index (χ2v) is 5.11. The van der Waals surface area contributed by atoms with Gasteiger partial charge in [-0.05, 0) is 19.5 Å². The highest BCUT2D eigenvalue weighted by molar-refractivity contribution is 5.67. The molecule has 0 bridgehead atoms. The van der Waals surface area contributed by atoms with Crippen LogP contribution in [0.5, 0.6) is 0 Å². The Morgan fingerprint density at radius 3 is 2.70 bits per heavy atom. The van der Waals surface area contributed by atoms with Crippen molar-refractivity contribution >= 4 is 11.4 Å². The van der Waals surface area contributed by atoms with Crippen molar-refractivity contribution in [2.45, 2.75) is 25.6 Å². The van der Waals surface area contributed by atoms with E-state index in [0.717, 1.165) is 25.2 Å². The van der Waals surface area contributed by atoms with Crippen molar-refractivity contribution in [1.29, 1.82) is 0 Å². The summed E-state index contributed by atoms with van der Waals surface area (Å²) in [6.07, 6.45) is -2.40. The largest absolute Gasteiger partial charge is 0.433 e. The second-order valence-electron chi connectivity index (χ2n) is 5.11. The molecule has 2 rings (SSSR count). The fraction of sp³-hybridized carbons (Fsp3) is 0.615. The molecule has 1 aliphatic heterocycles. The van der Waals surface area contributed by atoms with E-state index >= 15 is 0 Å². The number of rotatable bonds is 2. The van der Waals surface area contributed by atoms with Crippen molar-refractivity contribution in [1.82, 2.24) is 9.88 Å². The van der Waals surface area contributed by atoms with Gasteiger partial charge in [0.05, 0.1) is 17.6 Å². The summed E-state index contributed by atoms with van der Waals surface area (Å²) < 4.78 is 38.2. The van der Waals surface area contributed by atoms with Crippen molar-refractivity contribution in [2.24, 2.45) is 0 Å². The highest BCUT2D eigenvalue weighted by atomic mass is 19.4. The summed E-state index contributed by atoms with van der Waals surface area (Å²) in [5, 5.41) is 0. The Labute approximate surface area is 116 Å². The number of pyridine rings is 1. The number of halogens is 3. The standard InChI is InChI=1S/C13H19F3N4/c1-3-9-8-20(5-4-19(9)2)11-6-12(13(14,15)16)18-7-10(11)17/h6-7,9H,3-5,8,17H2,1-2H3. The van der Waals surface area contributed by atoms with Crippen LogP contribution in [0.25, 0.3) is 0 Å². The number of anilines is 2. The molecule has 4 nitrogen and oxygen atoms in total. The highest BCUT2D eigenvalue weighted by Gasteiger charge is 2.34. The molecule has 0 spiro atoms. The van der Waals surface area contributed by atoms with E-state index in [9.17, 15) is 13.2 Å². The number of hydrogen-bond acceptors (Lipinski definition) is 4. The van der Waals surface area contributed by atoms with E-state index in [1.165, 1.54) is 0 Å². The number of hydrogen-bond donors (Lipinski definition) is 1. The third-order valence-corrected chi connectivity index (χ3v) is 3.79. The predicted molar refractivity (Wildman–Crippen MR) is 72.6 cm³/mol. The van der Waals surface area contributed by atoms with E-state index in [-0.39, 0.29) is 5.69 Å². The number of nitrogen functional groups attached to an aromatic ring is 1. The number of nitrogens with two attached hydrogens (primary N) is 1. The zero-order chi connectivity index (χ0) is 14.9. The summed E-state index contributed by atoms with van der Waals surface area (Å²) in [5.74, 6) is 0. The van der Waals surface area contributed by atoms with E-state index in [1.54, 1.807) is 0 Å². The highest BCUT2D eigenvalue weighted by Crippen LogP contribution is 2.33. The van der Waals surface area contributed by atoms with Gasteiger partial charge in [0.15, 0.2) is 0 Å². The lowest BCUT2D eigenvalue weighted by atomic mass is 10.1. The topological polar surface area (TPSA) is 45.4 Å². The van der Waals surface area contributed by atoms with Gasteiger partial charge >= 0.3 is 6.18 Å². The monoisotopic (exact) mass is 288 g/mol. The van der Waals surface area contributed by atoms with Crippen LogP contribution in [0.2, 0.25) is 0 Å².